The molecule has 27 heavy (non-hydrogen) atoms. The predicted octanol–water partition coefficient (Wildman–Crippen LogP) is 2.53. The lowest BCUT2D eigenvalue weighted by molar-refractivity contribution is 0.0270. The van der Waals surface area contributed by atoms with Crippen molar-refractivity contribution in [2.75, 3.05) is 18.8 Å². The molecule has 9 nitrogen and oxygen atoms in total. The van der Waals surface area contributed by atoms with E-state index in [1.165, 1.54) is 21.3 Å². The molecule has 3 rings (SSSR count). The maximum absolute atomic E-state index is 12.3. The van der Waals surface area contributed by atoms with Crippen LogP contribution < -0.4 is 0 Å². The number of β-amino-alcohol motifs (C(OH)–C–C–N with tert-alkyl or cyclic N) is 1. The van der Waals surface area contributed by atoms with Gasteiger partial charge in [-0.25, -0.2) is 19.4 Å². The van der Waals surface area contributed by atoms with Gasteiger partial charge in [-0.05, 0) is 27.2 Å². The zero-order valence-corrected chi connectivity index (χ0v) is 17.3. The Kier molecular flexibility index (Phi) is 5.78. The molecule has 0 radical (unpaired) electrons. The fourth-order valence-electron chi connectivity index (χ4n) is 2.75. The van der Waals surface area contributed by atoms with E-state index < -0.39 is 23.8 Å². The third-order valence-corrected chi connectivity index (χ3v) is 5.24. The number of amides is 1. The second-order valence-electron chi connectivity index (χ2n) is 7.37. The van der Waals surface area contributed by atoms with E-state index in [4.69, 9.17) is 16.3 Å². The van der Waals surface area contributed by atoms with Crippen molar-refractivity contribution in [2.24, 2.45) is 0 Å². The second-order valence-corrected chi connectivity index (χ2v) is 8.79. The Morgan fingerprint density at radius 1 is 1.37 bits per heavy atom. The van der Waals surface area contributed by atoms with Gasteiger partial charge in [-0.3, -0.25) is 0 Å². The second kappa shape index (κ2) is 7.76. The number of carbonyl (C=O) groups is 1. The van der Waals surface area contributed by atoms with Crippen molar-refractivity contribution in [3.8, 4) is 0 Å². The molecular formula is C16H23ClN6O3S. The molecular weight excluding hydrogens is 392 g/mol. The average Bonchev–Trinajstić information content (AvgIpc) is 3.15. The summed E-state index contributed by atoms with van der Waals surface area (Å²) in [5.41, 5.74) is 0.218. The Hall–Kier alpha value is -1.65. The van der Waals surface area contributed by atoms with Gasteiger partial charge in [0.25, 0.3) is 0 Å². The molecule has 1 amide bonds. The number of fused-ring (bicyclic) bond motifs is 1. The van der Waals surface area contributed by atoms with Gasteiger partial charge >= 0.3 is 6.09 Å². The molecule has 0 aliphatic carbocycles. The molecule has 1 aliphatic rings. The molecule has 0 saturated carbocycles. The molecule has 1 N–H and O–H groups in total. The standard InChI is InChI=1S/C16H23ClN6O3S/c1-5-6-27-14-18-12(17)11-13(19-14)23(21-20-11)9-7-22(8-10(9)24)15(25)26-16(2,3)4/h9-10,24H,5-8H2,1-4H3/t9-,10-/m0/s1. The van der Waals surface area contributed by atoms with Crippen LogP contribution in [0.3, 0.4) is 0 Å². The molecule has 3 heterocycles. The van der Waals surface area contributed by atoms with Crippen LogP contribution in [-0.2, 0) is 4.74 Å². The van der Waals surface area contributed by atoms with Crippen molar-refractivity contribution in [2.45, 2.75) is 57.0 Å². The van der Waals surface area contributed by atoms with Gasteiger partial charge in [-0.15, -0.1) is 5.10 Å². The number of halogens is 1. The van der Waals surface area contributed by atoms with Crippen molar-refractivity contribution < 1.29 is 14.6 Å². The topological polar surface area (TPSA) is 106 Å². The van der Waals surface area contributed by atoms with E-state index in [-0.39, 0.29) is 18.2 Å². The van der Waals surface area contributed by atoms with Crippen LogP contribution >= 0.6 is 23.4 Å². The SMILES string of the molecule is CCCSc1nc(Cl)c2nnn([C@H]3CN(C(=O)OC(C)(C)C)C[C@@H]3O)c2n1. The summed E-state index contributed by atoms with van der Waals surface area (Å²) in [7, 11) is 0. The summed E-state index contributed by atoms with van der Waals surface area (Å²) in [6.45, 7) is 7.86. The number of likely N-dealkylation sites (tertiary alicyclic amines) is 1. The first-order valence-corrected chi connectivity index (χ1v) is 10.1. The molecule has 148 valence electrons. The summed E-state index contributed by atoms with van der Waals surface area (Å²) < 4.78 is 6.91. The number of aromatic nitrogens is 5. The zero-order valence-electron chi connectivity index (χ0n) is 15.7. The smallest absolute Gasteiger partial charge is 0.410 e. The number of carbonyl (C=O) groups excluding carboxylic acids is 1. The largest absolute Gasteiger partial charge is 0.444 e. The number of nitrogens with zero attached hydrogens (tertiary/aromatic N) is 6. The molecule has 1 fully saturated rings. The van der Waals surface area contributed by atoms with Crippen LogP contribution in [0, 0.1) is 0 Å². The maximum atomic E-state index is 12.3. The summed E-state index contributed by atoms with van der Waals surface area (Å²) in [6, 6.07) is -0.488. The minimum atomic E-state index is -0.817. The molecule has 0 unspecified atom stereocenters. The summed E-state index contributed by atoms with van der Waals surface area (Å²) in [5.74, 6) is 0.863. The summed E-state index contributed by atoms with van der Waals surface area (Å²) >= 11 is 7.72. The first kappa shape index (κ1) is 20.1. The predicted molar refractivity (Wildman–Crippen MR) is 102 cm³/mol. The first-order valence-electron chi connectivity index (χ1n) is 8.77. The highest BCUT2D eigenvalue weighted by molar-refractivity contribution is 7.99. The van der Waals surface area contributed by atoms with Gasteiger partial charge in [0.2, 0.25) is 0 Å². The molecule has 2 aromatic heterocycles. The van der Waals surface area contributed by atoms with E-state index in [1.807, 2.05) is 0 Å². The third kappa shape index (κ3) is 4.44. The van der Waals surface area contributed by atoms with E-state index in [0.717, 1.165) is 12.2 Å². The zero-order chi connectivity index (χ0) is 19.8. The number of hydrogen-bond donors (Lipinski definition) is 1. The van der Waals surface area contributed by atoms with Crippen LogP contribution in [-0.4, -0.2) is 71.6 Å². The number of hydrogen-bond acceptors (Lipinski definition) is 8. The van der Waals surface area contributed by atoms with Crippen molar-refractivity contribution in [3.63, 3.8) is 0 Å². The van der Waals surface area contributed by atoms with Gasteiger partial charge in [0.1, 0.15) is 11.6 Å². The Bertz CT molecular complexity index is 839. The normalized spacial score (nSPS) is 20.4. The lowest BCUT2D eigenvalue weighted by Crippen LogP contribution is -2.36. The van der Waals surface area contributed by atoms with Gasteiger partial charge < -0.3 is 14.7 Å². The molecule has 2 aromatic rings. The van der Waals surface area contributed by atoms with Crippen LogP contribution in [0.5, 0.6) is 0 Å². The highest BCUT2D eigenvalue weighted by Crippen LogP contribution is 2.29. The molecule has 1 saturated heterocycles. The lowest BCUT2D eigenvalue weighted by Gasteiger charge is -2.24. The van der Waals surface area contributed by atoms with E-state index >= 15 is 0 Å². The Balaban J connectivity index is 1.86. The Morgan fingerprint density at radius 3 is 2.78 bits per heavy atom. The van der Waals surface area contributed by atoms with Gasteiger partial charge in [0.15, 0.2) is 21.5 Å². The van der Waals surface area contributed by atoms with Crippen LogP contribution in [0.4, 0.5) is 4.79 Å². The van der Waals surface area contributed by atoms with E-state index in [0.29, 0.717) is 16.3 Å². The van der Waals surface area contributed by atoms with E-state index in [1.54, 1.807) is 20.8 Å². The highest BCUT2D eigenvalue weighted by atomic mass is 35.5. The number of rotatable bonds is 4. The number of aliphatic hydroxyl groups is 1. The fraction of sp³-hybridized carbons (Fsp3) is 0.688. The monoisotopic (exact) mass is 414 g/mol. The number of aliphatic hydroxyl groups excluding tert-OH is 1. The number of ether oxygens (including phenoxy) is 1. The summed E-state index contributed by atoms with van der Waals surface area (Å²) in [4.78, 5) is 22.5. The van der Waals surface area contributed by atoms with Crippen molar-refractivity contribution in [1.29, 1.82) is 0 Å². The van der Waals surface area contributed by atoms with Crippen LogP contribution in [0.2, 0.25) is 5.15 Å². The third-order valence-electron chi connectivity index (χ3n) is 3.92. The minimum absolute atomic E-state index is 0.150. The molecule has 2 atom stereocenters. The van der Waals surface area contributed by atoms with Crippen molar-refractivity contribution >= 4 is 40.6 Å². The maximum Gasteiger partial charge on any atom is 0.410 e. The summed E-state index contributed by atoms with van der Waals surface area (Å²) in [6.07, 6.45) is -0.309. The quantitative estimate of drug-likeness (QED) is 0.462. The van der Waals surface area contributed by atoms with Crippen LogP contribution in [0.25, 0.3) is 11.2 Å². The molecule has 1 aliphatic heterocycles. The number of thioether (sulfide) groups is 1. The molecule has 11 heteroatoms. The first-order chi connectivity index (χ1) is 12.7. The average molecular weight is 415 g/mol. The van der Waals surface area contributed by atoms with Gasteiger partial charge in [0.05, 0.1) is 12.6 Å². The van der Waals surface area contributed by atoms with Crippen LogP contribution in [0.1, 0.15) is 40.2 Å². The molecule has 0 spiro atoms. The lowest BCUT2D eigenvalue weighted by atomic mass is 10.2. The fourth-order valence-corrected chi connectivity index (χ4v) is 3.69. The van der Waals surface area contributed by atoms with Crippen LogP contribution in [0.15, 0.2) is 5.16 Å². The summed E-state index contributed by atoms with van der Waals surface area (Å²) in [5, 5.41) is 19.4. The Labute approximate surface area is 166 Å². The molecule has 0 bridgehead atoms. The van der Waals surface area contributed by atoms with Gasteiger partial charge in [-0.2, -0.15) is 0 Å². The van der Waals surface area contributed by atoms with E-state index in [9.17, 15) is 9.90 Å². The molecule has 0 aromatic carbocycles. The van der Waals surface area contributed by atoms with Crippen molar-refractivity contribution in [3.05, 3.63) is 5.15 Å². The van der Waals surface area contributed by atoms with Gasteiger partial charge in [-0.1, -0.05) is 35.5 Å². The van der Waals surface area contributed by atoms with E-state index in [2.05, 4.69) is 27.2 Å². The minimum Gasteiger partial charge on any atom is -0.444 e. The van der Waals surface area contributed by atoms with Gasteiger partial charge in [0, 0.05) is 12.3 Å². The Morgan fingerprint density at radius 2 is 2.11 bits per heavy atom. The van der Waals surface area contributed by atoms with Crippen molar-refractivity contribution in [1.82, 2.24) is 29.9 Å². The highest BCUT2D eigenvalue weighted by Gasteiger charge is 2.39.